The number of hydrogen-bond donors (Lipinski definition) is 5. The average Bonchev–Trinajstić information content (AvgIpc) is 2.97. The summed E-state index contributed by atoms with van der Waals surface area (Å²) < 4.78 is 0. The third-order valence-electron chi connectivity index (χ3n) is 3.35. The maximum atomic E-state index is 12.5. The molecule has 0 fully saturated rings. The highest BCUT2D eigenvalue weighted by atomic mass is 16.4. The number of carboxylic acids is 1. The molecule has 134 valence electrons. The van der Waals surface area contributed by atoms with Gasteiger partial charge in [0.2, 0.25) is 11.8 Å². The molecule has 9 heteroatoms. The van der Waals surface area contributed by atoms with E-state index in [0.29, 0.717) is 12.1 Å². The molecule has 0 saturated carbocycles. The number of aromatic nitrogens is 2. The Bertz CT molecular complexity index is 556. The fourth-order valence-electron chi connectivity index (χ4n) is 2.09. The Morgan fingerprint density at radius 1 is 1.21 bits per heavy atom. The fraction of sp³-hybridized carbons (Fsp3) is 0.600. The second-order valence-electron chi connectivity index (χ2n) is 6.16. The zero-order valence-corrected chi connectivity index (χ0v) is 14.1. The molecule has 0 aliphatic carbocycles. The van der Waals surface area contributed by atoms with Crippen LogP contribution in [0.5, 0.6) is 0 Å². The van der Waals surface area contributed by atoms with Crippen LogP contribution < -0.4 is 16.4 Å². The molecule has 24 heavy (non-hydrogen) atoms. The van der Waals surface area contributed by atoms with Crippen LogP contribution >= 0.6 is 0 Å². The maximum Gasteiger partial charge on any atom is 0.326 e. The number of aliphatic carboxylic acids is 1. The number of nitrogens with one attached hydrogen (secondary N) is 3. The molecule has 9 nitrogen and oxygen atoms in total. The number of carbonyl (C=O) groups excluding carboxylic acids is 2. The van der Waals surface area contributed by atoms with E-state index in [1.54, 1.807) is 0 Å². The van der Waals surface area contributed by atoms with Crippen LogP contribution in [-0.2, 0) is 20.8 Å². The molecule has 2 amide bonds. The van der Waals surface area contributed by atoms with Crippen molar-refractivity contribution in [2.75, 3.05) is 0 Å². The largest absolute Gasteiger partial charge is 0.480 e. The predicted molar refractivity (Wildman–Crippen MR) is 86.9 cm³/mol. The van der Waals surface area contributed by atoms with Gasteiger partial charge in [-0.3, -0.25) is 9.59 Å². The molecule has 0 bridgehead atoms. The number of nitrogens with two attached hydrogens (primary N) is 1. The maximum absolute atomic E-state index is 12.5. The van der Waals surface area contributed by atoms with Crippen LogP contribution in [0.3, 0.4) is 0 Å². The lowest BCUT2D eigenvalue weighted by molar-refractivity contribution is -0.142. The van der Waals surface area contributed by atoms with E-state index in [-0.39, 0.29) is 12.3 Å². The number of rotatable bonds is 9. The fourth-order valence-corrected chi connectivity index (χ4v) is 2.09. The van der Waals surface area contributed by atoms with E-state index in [2.05, 4.69) is 20.6 Å². The molecule has 1 aromatic heterocycles. The third-order valence-corrected chi connectivity index (χ3v) is 3.35. The molecule has 1 aromatic rings. The third kappa shape index (κ3) is 6.37. The van der Waals surface area contributed by atoms with Gasteiger partial charge >= 0.3 is 5.97 Å². The zero-order valence-electron chi connectivity index (χ0n) is 14.1. The molecule has 3 atom stereocenters. The standard InChI is InChI=1S/C15H25N5O4/c1-8(2)4-12(15(23)24)20-14(22)11(19-13(21)9(3)16)5-10-6-17-7-18-10/h6-9,11-12H,4-5,16H2,1-3H3,(H,17,18)(H,19,21)(H,20,22)(H,23,24). The molecular weight excluding hydrogens is 314 g/mol. The molecule has 0 aromatic carbocycles. The van der Waals surface area contributed by atoms with E-state index < -0.39 is 35.9 Å². The minimum Gasteiger partial charge on any atom is -0.480 e. The van der Waals surface area contributed by atoms with Gasteiger partial charge in [-0.05, 0) is 19.3 Å². The Balaban J connectivity index is 2.84. The van der Waals surface area contributed by atoms with Crippen LogP contribution in [0.2, 0.25) is 0 Å². The van der Waals surface area contributed by atoms with Crippen molar-refractivity contribution in [2.45, 2.75) is 51.7 Å². The van der Waals surface area contributed by atoms with Crippen molar-refractivity contribution in [1.82, 2.24) is 20.6 Å². The SMILES string of the molecule is CC(C)CC(NC(=O)C(Cc1cnc[nH]1)NC(=O)C(C)N)C(=O)O. The molecule has 0 aliphatic heterocycles. The zero-order chi connectivity index (χ0) is 18.3. The van der Waals surface area contributed by atoms with Gasteiger partial charge in [0.25, 0.3) is 0 Å². The first-order valence-electron chi connectivity index (χ1n) is 7.77. The number of H-pyrrole nitrogens is 1. The van der Waals surface area contributed by atoms with Crippen molar-refractivity contribution < 1.29 is 19.5 Å². The van der Waals surface area contributed by atoms with Gasteiger partial charge in [-0.1, -0.05) is 13.8 Å². The highest BCUT2D eigenvalue weighted by Crippen LogP contribution is 2.06. The normalized spacial score (nSPS) is 14.7. The van der Waals surface area contributed by atoms with Crippen molar-refractivity contribution in [2.24, 2.45) is 11.7 Å². The Kier molecular flexibility index (Phi) is 7.37. The topological polar surface area (TPSA) is 150 Å². The Labute approximate surface area is 140 Å². The molecule has 3 unspecified atom stereocenters. The minimum absolute atomic E-state index is 0.0936. The summed E-state index contributed by atoms with van der Waals surface area (Å²) in [6, 6.07) is -2.75. The summed E-state index contributed by atoms with van der Waals surface area (Å²) in [5.41, 5.74) is 6.15. The van der Waals surface area contributed by atoms with Gasteiger partial charge in [0, 0.05) is 18.3 Å². The van der Waals surface area contributed by atoms with Crippen molar-refractivity contribution >= 4 is 17.8 Å². The second kappa shape index (κ2) is 9.02. The van der Waals surface area contributed by atoms with Crippen LogP contribution in [-0.4, -0.2) is 51.0 Å². The first-order valence-corrected chi connectivity index (χ1v) is 7.77. The van der Waals surface area contributed by atoms with Crippen LogP contribution in [0.4, 0.5) is 0 Å². The molecule has 1 heterocycles. The van der Waals surface area contributed by atoms with Gasteiger partial charge in [0.05, 0.1) is 12.4 Å². The van der Waals surface area contributed by atoms with Gasteiger partial charge < -0.3 is 26.5 Å². The van der Waals surface area contributed by atoms with Crippen LogP contribution in [0.15, 0.2) is 12.5 Å². The van der Waals surface area contributed by atoms with E-state index >= 15 is 0 Å². The smallest absolute Gasteiger partial charge is 0.326 e. The monoisotopic (exact) mass is 339 g/mol. The summed E-state index contributed by atoms with van der Waals surface area (Å²) in [4.78, 5) is 42.3. The highest BCUT2D eigenvalue weighted by molar-refractivity contribution is 5.91. The molecule has 6 N–H and O–H groups in total. The second-order valence-corrected chi connectivity index (χ2v) is 6.16. The summed E-state index contributed by atoms with van der Waals surface area (Å²) >= 11 is 0. The van der Waals surface area contributed by atoms with Gasteiger partial charge in [-0.2, -0.15) is 0 Å². The van der Waals surface area contributed by atoms with E-state index in [0.717, 1.165) is 0 Å². The molecule has 0 saturated heterocycles. The number of imidazole rings is 1. The number of aromatic amines is 1. The van der Waals surface area contributed by atoms with E-state index in [4.69, 9.17) is 5.73 Å². The molecule has 0 radical (unpaired) electrons. The summed E-state index contributed by atoms with van der Waals surface area (Å²) in [6.07, 6.45) is 3.43. The summed E-state index contributed by atoms with van der Waals surface area (Å²) in [7, 11) is 0. The van der Waals surface area contributed by atoms with Crippen molar-refractivity contribution in [1.29, 1.82) is 0 Å². The van der Waals surface area contributed by atoms with E-state index in [1.807, 2.05) is 13.8 Å². The van der Waals surface area contributed by atoms with Gasteiger partial charge in [-0.25, -0.2) is 9.78 Å². The Morgan fingerprint density at radius 3 is 2.29 bits per heavy atom. The van der Waals surface area contributed by atoms with E-state index in [1.165, 1.54) is 19.4 Å². The highest BCUT2D eigenvalue weighted by Gasteiger charge is 2.28. The average molecular weight is 339 g/mol. The van der Waals surface area contributed by atoms with Crippen molar-refractivity contribution in [3.05, 3.63) is 18.2 Å². The number of carbonyl (C=O) groups is 3. The van der Waals surface area contributed by atoms with Gasteiger partial charge in [0.1, 0.15) is 12.1 Å². The summed E-state index contributed by atoms with van der Waals surface area (Å²) in [5, 5.41) is 14.3. The lowest BCUT2D eigenvalue weighted by atomic mass is 10.0. The first-order chi connectivity index (χ1) is 11.2. The summed E-state index contributed by atoms with van der Waals surface area (Å²) in [6.45, 7) is 5.23. The number of nitrogens with zero attached hydrogens (tertiary/aromatic N) is 1. The summed E-state index contributed by atoms with van der Waals surface area (Å²) in [5.74, 6) is -2.09. The minimum atomic E-state index is -1.11. The lowest BCUT2D eigenvalue weighted by Crippen LogP contribution is -2.55. The molecular formula is C15H25N5O4. The van der Waals surface area contributed by atoms with Crippen molar-refractivity contribution in [3.8, 4) is 0 Å². The quantitative estimate of drug-likeness (QED) is 0.405. The van der Waals surface area contributed by atoms with Gasteiger partial charge in [0.15, 0.2) is 0 Å². The molecule has 0 aliphatic rings. The van der Waals surface area contributed by atoms with Gasteiger partial charge in [-0.15, -0.1) is 0 Å². The number of carboxylic acid groups (broad SMARTS) is 1. The number of amides is 2. The van der Waals surface area contributed by atoms with Crippen molar-refractivity contribution in [3.63, 3.8) is 0 Å². The van der Waals surface area contributed by atoms with E-state index in [9.17, 15) is 19.5 Å². The number of hydrogen-bond acceptors (Lipinski definition) is 5. The predicted octanol–water partition coefficient (Wildman–Crippen LogP) is -0.600. The lowest BCUT2D eigenvalue weighted by Gasteiger charge is -2.22. The molecule has 0 spiro atoms. The molecule has 1 rings (SSSR count). The van der Waals surface area contributed by atoms with Crippen LogP contribution in [0, 0.1) is 5.92 Å². The van der Waals surface area contributed by atoms with Crippen LogP contribution in [0.1, 0.15) is 32.9 Å². The first kappa shape index (κ1) is 19.6. The van der Waals surface area contributed by atoms with Crippen LogP contribution in [0.25, 0.3) is 0 Å². The Hall–Kier alpha value is -2.42. The Morgan fingerprint density at radius 2 is 1.83 bits per heavy atom.